The highest BCUT2D eigenvalue weighted by Gasteiger charge is 2.22. The highest BCUT2D eigenvalue weighted by molar-refractivity contribution is 7.89. The van der Waals surface area contributed by atoms with Gasteiger partial charge in [-0.3, -0.25) is 4.68 Å². The lowest BCUT2D eigenvalue weighted by Gasteiger charge is -2.18. The average Bonchev–Trinajstić information content (AvgIpc) is 3.13. The van der Waals surface area contributed by atoms with E-state index in [0.29, 0.717) is 16.6 Å². The lowest BCUT2D eigenvalue weighted by molar-refractivity contribution is 0.530. The van der Waals surface area contributed by atoms with E-state index in [1.807, 2.05) is 24.6 Å². The molecular weight excluding hydrogens is 467 g/mol. The summed E-state index contributed by atoms with van der Waals surface area (Å²) in [6.07, 6.45) is 1.47. The molecule has 0 radical (unpaired) electrons. The summed E-state index contributed by atoms with van der Waals surface area (Å²) in [6.45, 7) is 9.93. The van der Waals surface area contributed by atoms with E-state index >= 15 is 0 Å². The third kappa shape index (κ3) is 5.06. The second-order valence-corrected chi connectivity index (χ2v) is 10.2. The Kier molecular flexibility index (Phi) is 8.09. The summed E-state index contributed by atoms with van der Waals surface area (Å²) in [7, 11) is -3.64. The fraction of sp³-hybridized carbons (Fsp3) is 0.435. The number of aromatic nitrogens is 2. The zero-order chi connectivity index (χ0) is 23.5. The van der Waals surface area contributed by atoms with Crippen molar-refractivity contribution < 1.29 is 8.42 Å². The Morgan fingerprint density at radius 2 is 1.66 bits per heavy atom. The van der Waals surface area contributed by atoms with E-state index in [1.54, 1.807) is 30.3 Å². The van der Waals surface area contributed by atoms with Crippen molar-refractivity contribution in [2.24, 2.45) is 0 Å². The number of halogens is 2. The van der Waals surface area contributed by atoms with Gasteiger partial charge in [-0.15, -0.1) is 0 Å². The largest absolute Gasteiger partial charge is 0.355 e. The Labute approximate surface area is 200 Å². The highest BCUT2D eigenvalue weighted by atomic mass is 35.5. The standard InChI is InChI=1S/C23H30Cl2N4O2S/c1-5-16(6-2)27-32(30,31)17-12-13-22-18(14-17)23(28(7-3)8-4)26-29(22)15-19-20(24)10-9-11-21(19)25/h9-14,16,27H,5-8,15H2,1-4H3. The number of sulfonamides is 1. The van der Waals surface area contributed by atoms with Crippen LogP contribution in [0.4, 0.5) is 5.82 Å². The van der Waals surface area contributed by atoms with Gasteiger partial charge in [0.05, 0.1) is 17.0 Å². The molecule has 174 valence electrons. The molecule has 3 aromatic rings. The number of rotatable bonds is 10. The zero-order valence-electron chi connectivity index (χ0n) is 18.9. The molecule has 0 spiro atoms. The molecule has 0 saturated carbocycles. The van der Waals surface area contributed by atoms with Crippen LogP contribution in [0.3, 0.4) is 0 Å². The number of benzene rings is 2. The van der Waals surface area contributed by atoms with Crippen LogP contribution in [0.25, 0.3) is 10.9 Å². The molecule has 9 heteroatoms. The molecule has 1 heterocycles. The summed E-state index contributed by atoms with van der Waals surface area (Å²) >= 11 is 12.8. The van der Waals surface area contributed by atoms with Gasteiger partial charge in [-0.05, 0) is 57.0 Å². The molecule has 0 aliphatic heterocycles. The first-order chi connectivity index (χ1) is 15.2. The van der Waals surface area contributed by atoms with E-state index in [1.165, 1.54) is 0 Å². The van der Waals surface area contributed by atoms with Gasteiger partial charge in [0.1, 0.15) is 0 Å². The summed E-state index contributed by atoms with van der Waals surface area (Å²) in [6, 6.07) is 10.5. The van der Waals surface area contributed by atoms with Crippen LogP contribution in [0.2, 0.25) is 10.0 Å². The number of fused-ring (bicyclic) bond motifs is 1. The summed E-state index contributed by atoms with van der Waals surface area (Å²) < 4.78 is 30.7. The lowest BCUT2D eigenvalue weighted by atomic mass is 10.2. The minimum Gasteiger partial charge on any atom is -0.355 e. The Bertz CT molecular complexity index is 1170. The summed E-state index contributed by atoms with van der Waals surface area (Å²) in [5.41, 5.74) is 1.60. The maximum Gasteiger partial charge on any atom is 0.240 e. The van der Waals surface area contributed by atoms with Crippen LogP contribution < -0.4 is 9.62 Å². The van der Waals surface area contributed by atoms with Gasteiger partial charge < -0.3 is 4.90 Å². The van der Waals surface area contributed by atoms with Crippen LogP contribution in [-0.4, -0.2) is 37.3 Å². The molecule has 0 aliphatic carbocycles. The van der Waals surface area contributed by atoms with Crippen LogP contribution >= 0.6 is 23.2 Å². The summed E-state index contributed by atoms with van der Waals surface area (Å²) in [5, 5.41) is 6.75. The molecule has 3 rings (SSSR count). The van der Waals surface area contributed by atoms with Crippen LogP contribution in [0.1, 0.15) is 46.1 Å². The average molecular weight is 497 g/mol. The Morgan fingerprint density at radius 1 is 1.03 bits per heavy atom. The van der Waals surface area contributed by atoms with E-state index in [0.717, 1.165) is 48.2 Å². The van der Waals surface area contributed by atoms with Crippen molar-refractivity contribution in [3.63, 3.8) is 0 Å². The van der Waals surface area contributed by atoms with Gasteiger partial charge in [0.25, 0.3) is 0 Å². The maximum atomic E-state index is 13.0. The van der Waals surface area contributed by atoms with E-state index in [2.05, 4.69) is 23.5 Å². The van der Waals surface area contributed by atoms with Crippen molar-refractivity contribution in [1.82, 2.24) is 14.5 Å². The second-order valence-electron chi connectivity index (χ2n) is 7.67. The van der Waals surface area contributed by atoms with E-state index in [9.17, 15) is 8.42 Å². The number of hydrogen-bond acceptors (Lipinski definition) is 4. The van der Waals surface area contributed by atoms with Gasteiger partial charge in [-0.1, -0.05) is 43.1 Å². The van der Waals surface area contributed by atoms with Crippen LogP contribution in [0.5, 0.6) is 0 Å². The number of nitrogens with zero attached hydrogens (tertiary/aromatic N) is 3. The van der Waals surface area contributed by atoms with E-state index in [4.69, 9.17) is 28.3 Å². The van der Waals surface area contributed by atoms with Gasteiger partial charge in [0, 0.05) is 40.1 Å². The molecule has 2 aromatic carbocycles. The molecule has 1 N–H and O–H groups in total. The lowest BCUT2D eigenvalue weighted by Crippen LogP contribution is -2.33. The molecule has 6 nitrogen and oxygen atoms in total. The molecule has 0 fully saturated rings. The van der Waals surface area contributed by atoms with Gasteiger partial charge >= 0.3 is 0 Å². The van der Waals surface area contributed by atoms with Crippen LogP contribution in [0.15, 0.2) is 41.3 Å². The van der Waals surface area contributed by atoms with Crippen LogP contribution in [0, 0.1) is 0 Å². The SMILES string of the molecule is CCC(CC)NS(=O)(=O)c1ccc2c(c1)c(N(CC)CC)nn2Cc1c(Cl)cccc1Cl. The first kappa shape index (κ1) is 24.8. The molecule has 1 aromatic heterocycles. The number of nitrogens with one attached hydrogen (secondary N) is 1. The highest BCUT2D eigenvalue weighted by Crippen LogP contribution is 2.32. The molecule has 0 saturated heterocycles. The number of hydrogen-bond donors (Lipinski definition) is 1. The van der Waals surface area contributed by atoms with Gasteiger partial charge in [-0.25, -0.2) is 13.1 Å². The van der Waals surface area contributed by atoms with Gasteiger partial charge in [0.15, 0.2) is 5.82 Å². The van der Waals surface area contributed by atoms with E-state index in [-0.39, 0.29) is 10.9 Å². The molecule has 0 bridgehead atoms. The predicted molar refractivity (Wildman–Crippen MR) is 134 cm³/mol. The Balaban J connectivity index is 2.14. The Hall–Kier alpha value is -1.80. The predicted octanol–water partition coefficient (Wildman–Crippen LogP) is 5.70. The minimum absolute atomic E-state index is 0.0944. The Morgan fingerprint density at radius 3 is 2.22 bits per heavy atom. The fourth-order valence-electron chi connectivity index (χ4n) is 3.76. The van der Waals surface area contributed by atoms with Gasteiger partial charge in [-0.2, -0.15) is 5.10 Å². The van der Waals surface area contributed by atoms with Crippen LogP contribution in [-0.2, 0) is 16.6 Å². The molecule has 0 aliphatic rings. The van der Waals surface area contributed by atoms with Crippen molar-refractivity contribution >= 4 is 49.9 Å². The smallest absolute Gasteiger partial charge is 0.240 e. The molecule has 0 amide bonds. The van der Waals surface area contributed by atoms with Crippen molar-refractivity contribution in [1.29, 1.82) is 0 Å². The minimum atomic E-state index is -3.64. The molecule has 32 heavy (non-hydrogen) atoms. The van der Waals surface area contributed by atoms with Crippen molar-refractivity contribution in [2.45, 2.75) is 58.0 Å². The van der Waals surface area contributed by atoms with Gasteiger partial charge in [0.2, 0.25) is 10.0 Å². The van der Waals surface area contributed by atoms with Crippen molar-refractivity contribution in [2.75, 3.05) is 18.0 Å². The fourth-order valence-corrected chi connectivity index (χ4v) is 5.71. The molecule has 0 atom stereocenters. The first-order valence-electron chi connectivity index (χ1n) is 11.0. The summed E-state index contributed by atoms with van der Waals surface area (Å²) in [5.74, 6) is 0.743. The van der Waals surface area contributed by atoms with Crippen molar-refractivity contribution in [3.8, 4) is 0 Å². The first-order valence-corrected chi connectivity index (χ1v) is 13.2. The van der Waals surface area contributed by atoms with E-state index < -0.39 is 10.0 Å². The quantitative estimate of drug-likeness (QED) is 0.390. The summed E-state index contributed by atoms with van der Waals surface area (Å²) in [4.78, 5) is 2.35. The zero-order valence-corrected chi connectivity index (χ0v) is 21.2. The monoisotopic (exact) mass is 496 g/mol. The molecule has 0 unspecified atom stereocenters. The molecular formula is C23H30Cl2N4O2S. The third-order valence-corrected chi connectivity index (χ3v) is 7.98. The van der Waals surface area contributed by atoms with Crippen molar-refractivity contribution in [3.05, 3.63) is 52.0 Å². The second kappa shape index (κ2) is 10.4. The topological polar surface area (TPSA) is 67.2 Å². The maximum absolute atomic E-state index is 13.0. The number of anilines is 1. The normalized spacial score (nSPS) is 12.1. The third-order valence-electron chi connectivity index (χ3n) is 5.75.